The molecule has 0 aromatic carbocycles. The van der Waals surface area contributed by atoms with Crippen molar-refractivity contribution < 1.29 is 14.7 Å². The summed E-state index contributed by atoms with van der Waals surface area (Å²) in [5, 5.41) is 11.8. The quantitative estimate of drug-likeness (QED) is 0.681. The van der Waals surface area contributed by atoms with Gasteiger partial charge in [0.05, 0.1) is 18.7 Å². The van der Waals surface area contributed by atoms with Crippen LogP contribution >= 0.6 is 0 Å². The Morgan fingerprint density at radius 3 is 2.00 bits per heavy atom. The number of rotatable bonds is 8. The van der Waals surface area contributed by atoms with Crippen molar-refractivity contribution in [3.8, 4) is 0 Å². The molecule has 2 N–H and O–H groups in total. The molecule has 5 nitrogen and oxygen atoms in total. The summed E-state index contributed by atoms with van der Waals surface area (Å²) < 4.78 is 0. The van der Waals surface area contributed by atoms with E-state index in [2.05, 4.69) is 5.32 Å². The monoisotopic (exact) mass is 272 g/mol. The Morgan fingerprint density at radius 2 is 1.68 bits per heavy atom. The lowest BCUT2D eigenvalue weighted by Crippen LogP contribution is -2.54. The first-order valence-corrected chi connectivity index (χ1v) is 6.84. The third-order valence-electron chi connectivity index (χ3n) is 3.23. The van der Waals surface area contributed by atoms with Crippen LogP contribution in [-0.4, -0.2) is 54.0 Å². The molecule has 0 radical (unpaired) electrons. The Kier molecular flexibility index (Phi) is 7.87. The van der Waals surface area contributed by atoms with Crippen LogP contribution < -0.4 is 5.32 Å². The highest BCUT2D eigenvalue weighted by Crippen LogP contribution is 2.11. The Morgan fingerprint density at radius 1 is 1.16 bits per heavy atom. The van der Waals surface area contributed by atoms with E-state index >= 15 is 0 Å². The number of Topliss-reactive ketones (excluding diaryl/α,β-unsaturated/α-hetero) is 1. The molecule has 0 aliphatic carbocycles. The van der Waals surface area contributed by atoms with Crippen LogP contribution in [-0.2, 0) is 9.59 Å². The van der Waals surface area contributed by atoms with Gasteiger partial charge in [-0.3, -0.25) is 14.5 Å². The highest BCUT2D eigenvalue weighted by molar-refractivity contribution is 5.89. The maximum Gasteiger partial charge on any atom is 0.238 e. The molecular formula is C14H28N2O3. The zero-order valence-corrected chi connectivity index (χ0v) is 12.9. The number of aliphatic hydroxyl groups is 1. The molecule has 0 aromatic heterocycles. The summed E-state index contributed by atoms with van der Waals surface area (Å²) in [7, 11) is 1.80. The summed E-state index contributed by atoms with van der Waals surface area (Å²) in [5.74, 6) is -0.00996. The van der Waals surface area contributed by atoms with Crippen molar-refractivity contribution in [2.45, 2.75) is 46.7 Å². The predicted molar refractivity (Wildman–Crippen MR) is 75.8 cm³/mol. The molecule has 0 rings (SSSR count). The van der Waals surface area contributed by atoms with Gasteiger partial charge in [-0.2, -0.15) is 0 Å². The van der Waals surface area contributed by atoms with Gasteiger partial charge in [0.1, 0.15) is 0 Å². The molecule has 1 unspecified atom stereocenters. The number of aliphatic hydroxyl groups excluding tert-OH is 1. The third-order valence-corrected chi connectivity index (χ3v) is 3.23. The highest BCUT2D eigenvalue weighted by Gasteiger charge is 2.30. The molecule has 0 fully saturated rings. The molecule has 1 amide bonds. The summed E-state index contributed by atoms with van der Waals surface area (Å²) in [6.45, 7) is 9.66. The smallest absolute Gasteiger partial charge is 0.238 e. The Bertz CT molecular complexity index is 303. The van der Waals surface area contributed by atoms with Crippen molar-refractivity contribution in [2.24, 2.45) is 11.8 Å². The number of nitrogens with one attached hydrogen (secondary N) is 1. The highest BCUT2D eigenvalue weighted by atomic mass is 16.3. The van der Waals surface area contributed by atoms with Gasteiger partial charge in [-0.15, -0.1) is 0 Å². The van der Waals surface area contributed by atoms with Crippen LogP contribution in [0.25, 0.3) is 0 Å². The Balaban J connectivity index is 4.86. The van der Waals surface area contributed by atoms with Crippen LogP contribution in [0.5, 0.6) is 0 Å². The molecule has 0 heterocycles. The van der Waals surface area contributed by atoms with Crippen LogP contribution in [0.3, 0.4) is 0 Å². The molecule has 0 bridgehead atoms. The number of nitrogens with zero attached hydrogens (tertiary/aromatic N) is 1. The van der Waals surface area contributed by atoms with Crippen molar-refractivity contribution in [1.29, 1.82) is 0 Å². The molecule has 0 aromatic rings. The van der Waals surface area contributed by atoms with E-state index in [4.69, 9.17) is 5.11 Å². The number of amides is 1. The minimum atomic E-state index is -0.448. The first kappa shape index (κ1) is 18.1. The van der Waals surface area contributed by atoms with Gasteiger partial charge in [0.25, 0.3) is 0 Å². The average Bonchev–Trinajstić information content (AvgIpc) is 2.24. The summed E-state index contributed by atoms with van der Waals surface area (Å²) in [4.78, 5) is 25.7. The number of hydrogen-bond donors (Lipinski definition) is 2. The fourth-order valence-corrected chi connectivity index (χ4v) is 2.29. The molecule has 19 heavy (non-hydrogen) atoms. The van der Waals surface area contributed by atoms with E-state index in [0.717, 1.165) is 0 Å². The maximum absolute atomic E-state index is 12.3. The molecule has 0 aliphatic rings. The molecule has 5 heteroatoms. The van der Waals surface area contributed by atoms with Crippen molar-refractivity contribution in [1.82, 2.24) is 10.2 Å². The number of ketones is 1. The molecular weight excluding hydrogens is 244 g/mol. The van der Waals surface area contributed by atoms with Crippen LogP contribution in [0.15, 0.2) is 0 Å². The molecule has 0 spiro atoms. The lowest BCUT2D eigenvalue weighted by molar-refractivity contribution is -0.132. The number of likely N-dealkylation sites (N-methyl/N-ethyl adjacent to an activating group) is 1. The minimum absolute atomic E-state index is 0.00726. The second kappa shape index (κ2) is 8.27. The second-order valence-electron chi connectivity index (χ2n) is 5.73. The van der Waals surface area contributed by atoms with Gasteiger partial charge in [0.2, 0.25) is 5.91 Å². The van der Waals surface area contributed by atoms with E-state index in [1.54, 1.807) is 7.05 Å². The van der Waals surface area contributed by atoms with Crippen molar-refractivity contribution in [2.75, 3.05) is 20.2 Å². The van der Waals surface area contributed by atoms with Gasteiger partial charge in [0, 0.05) is 6.54 Å². The molecule has 112 valence electrons. The first-order valence-electron chi connectivity index (χ1n) is 6.84. The number of carbonyl (C=O) groups is 2. The van der Waals surface area contributed by atoms with E-state index in [9.17, 15) is 9.59 Å². The summed E-state index contributed by atoms with van der Waals surface area (Å²) >= 11 is 0. The van der Waals surface area contributed by atoms with Crippen LogP contribution in [0.4, 0.5) is 0 Å². The van der Waals surface area contributed by atoms with Crippen molar-refractivity contribution in [3.63, 3.8) is 0 Å². The Hall–Kier alpha value is -0.940. The lowest BCUT2D eigenvalue weighted by Gasteiger charge is -2.31. The average molecular weight is 272 g/mol. The van der Waals surface area contributed by atoms with E-state index in [1.165, 1.54) is 6.92 Å². The predicted octanol–water partition coefficient (Wildman–Crippen LogP) is 0.665. The van der Waals surface area contributed by atoms with Crippen LogP contribution in [0, 0.1) is 11.8 Å². The maximum atomic E-state index is 12.3. The van der Waals surface area contributed by atoms with E-state index in [-0.39, 0.29) is 36.2 Å². The van der Waals surface area contributed by atoms with Crippen LogP contribution in [0.2, 0.25) is 0 Å². The lowest BCUT2D eigenvalue weighted by atomic mass is 9.97. The molecule has 0 saturated heterocycles. The molecule has 2 atom stereocenters. The second-order valence-corrected chi connectivity index (χ2v) is 5.73. The van der Waals surface area contributed by atoms with Crippen molar-refractivity contribution >= 4 is 11.7 Å². The fraction of sp³-hybridized carbons (Fsp3) is 0.857. The van der Waals surface area contributed by atoms with Gasteiger partial charge >= 0.3 is 0 Å². The SMILES string of the molecule is CC(=O)[C@@H](NC(=O)C(C(C)C)N(C)CCO)C(C)C. The zero-order valence-electron chi connectivity index (χ0n) is 12.9. The third kappa shape index (κ3) is 5.70. The summed E-state index contributed by atoms with van der Waals surface area (Å²) in [6.07, 6.45) is 0. The number of hydrogen-bond acceptors (Lipinski definition) is 4. The van der Waals surface area contributed by atoms with E-state index < -0.39 is 6.04 Å². The fourth-order valence-electron chi connectivity index (χ4n) is 2.29. The topological polar surface area (TPSA) is 69.6 Å². The summed E-state index contributed by atoms with van der Waals surface area (Å²) in [5.41, 5.74) is 0. The van der Waals surface area contributed by atoms with Gasteiger partial charge < -0.3 is 10.4 Å². The molecule has 0 saturated carbocycles. The first-order chi connectivity index (χ1) is 8.72. The van der Waals surface area contributed by atoms with E-state index in [0.29, 0.717) is 6.54 Å². The van der Waals surface area contributed by atoms with Crippen LogP contribution in [0.1, 0.15) is 34.6 Å². The van der Waals surface area contributed by atoms with Crippen molar-refractivity contribution in [3.05, 3.63) is 0 Å². The Labute approximate surface area is 116 Å². The normalized spacial score (nSPS) is 14.8. The zero-order chi connectivity index (χ0) is 15.2. The molecule has 0 aliphatic heterocycles. The number of carbonyl (C=O) groups excluding carboxylic acids is 2. The van der Waals surface area contributed by atoms with Gasteiger partial charge in [-0.25, -0.2) is 0 Å². The van der Waals surface area contributed by atoms with Gasteiger partial charge in [-0.05, 0) is 25.8 Å². The van der Waals surface area contributed by atoms with Gasteiger partial charge in [-0.1, -0.05) is 27.7 Å². The van der Waals surface area contributed by atoms with E-state index in [1.807, 2.05) is 32.6 Å². The minimum Gasteiger partial charge on any atom is -0.395 e. The van der Waals surface area contributed by atoms with Gasteiger partial charge in [0.15, 0.2) is 5.78 Å². The largest absolute Gasteiger partial charge is 0.395 e. The standard InChI is InChI=1S/C14H28N2O3/c1-9(2)12(11(5)18)15-14(19)13(10(3)4)16(6)7-8-17/h9-10,12-13,17H,7-8H2,1-6H3,(H,15,19)/t12-,13?/m0/s1. The summed E-state index contributed by atoms with van der Waals surface area (Å²) in [6, 6.07) is -0.788.